The zero-order valence-corrected chi connectivity index (χ0v) is 13.8. The van der Waals surface area contributed by atoms with Crippen LogP contribution in [0.1, 0.15) is 24.0 Å². The number of rotatable bonds is 2. The van der Waals surface area contributed by atoms with Crippen LogP contribution >= 0.6 is 0 Å². The molecule has 0 aliphatic heterocycles. The summed E-state index contributed by atoms with van der Waals surface area (Å²) in [4.78, 5) is 0. The van der Waals surface area contributed by atoms with Crippen molar-refractivity contribution in [2.45, 2.75) is 12.8 Å². The molecule has 0 heterocycles. The second-order valence-electron chi connectivity index (χ2n) is 6.55. The Labute approximate surface area is 143 Å². The zero-order chi connectivity index (χ0) is 16.5. The Morgan fingerprint density at radius 2 is 1.50 bits per heavy atom. The maximum Gasteiger partial charge on any atom is 0.0125 e. The Morgan fingerprint density at radius 3 is 2.29 bits per heavy atom. The van der Waals surface area contributed by atoms with Crippen LogP contribution in [-0.2, 0) is 0 Å². The van der Waals surface area contributed by atoms with Crippen molar-refractivity contribution in [3.8, 4) is 0 Å². The lowest BCUT2D eigenvalue weighted by Gasteiger charge is -2.27. The van der Waals surface area contributed by atoms with E-state index in [1.54, 1.807) is 0 Å². The lowest BCUT2D eigenvalue weighted by atomic mass is 9.78. The van der Waals surface area contributed by atoms with E-state index in [0.717, 1.165) is 5.70 Å². The zero-order valence-electron chi connectivity index (χ0n) is 13.8. The highest BCUT2D eigenvalue weighted by molar-refractivity contribution is 5.84. The van der Waals surface area contributed by atoms with E-state index in [1.807, 2.05) is 6.07 Å². The van der Waals surface area contributed by atoms with Crippen molar-refractivity contribution in [2.24, 2.45) is 11.7 Å². The molecule has 0 saturated carbocycles. The summed E-state index contributed by atoms with van der Waals surface area (Å²) in [5, 5.41) is 2.56. The van der Waals surface area contributed by atoms with Crippen LogP contribution in [0, 0.1) is 5.92 Å². The number of hydrogen-bond donors (Lipinski definition) is 1. The number of fused-ring (bicyclic) bond motifs is 1. The largest absolute Gasteiger partial charge is 0.402 e. The molecule has 1 heteroatoms. The smallest absolute Gasteiger partial charge is 0.0125 e. The summed E-state index contributed by atoms with van der Waals surface area (Å²) in [6, 6.07) is 25.7. The van der Waals surface area contributed by atoms with Crippen LogP contribution in [0.3, 0.4) is 0 Å². The van der Waals surface area contributed by atoms with Gasteiger partial charge in [0.15, 0.2) is 0 Å². The van der Waals surface area contributed by atoms with Gasteiger partial charge in [0.25, 0.3) is 0 Å². The molecule has 4 rings (SSSR count). The highest BCUT2D eigenvalue weighted by atomic mass is 14.6. The van der Waals surface area contributed by atoms with Gasteiger partial charge in [0.05, 0.1) is 0 Å². The lowest BCUT2D eigenvalue weighted by molar-refractivity contribution is 0.594. The molecule has 0 aromatic heterocycles. The molecule has 1 aliphatic carbocycles. The van der Waals surface area contributed by atoms with Gasteiger partial charge < -0.3 is 5.73 Å². The third kappa shape index (κ3) is 2.63. The summed E-state index contributed by atoms with van der Waals surface area (Å²) < 4.78 is 0. The van der Waals surface area contributed by atoms with Crippen molar-refractivity contribution in [3.63, 3.8) is 0 Å². The molecular weight excluding hydrogens is 290 g/mol. The van der Waals surface area contributed by atoms with E-state index in [0.29, 0.717) is 11.8 Å². The Hall–Kier alpha value is -2.80. The normalized spacial score (nSPS) is 20.5. The average Bonchev–Trinajstić information content (AvgIpc) is 2.64. The third-order valence-electron chi connectivity index (χ3n) is 5.01. The van der Waals surface area contributed by atoms with Crippen LogP contribution < -0.4 is 5.73 Å². The van der Waals surface area contributed by atoms with Crippen molar-refractivity contribution < 1.29 is 0 Å². The highest BCUT2D eigenvalue weighted by Crippen LogP contribution is 2.38. The molecule has 2 N–H and O–H groups in total. The van der Waals surface area contributed by atoms with Gasteiger partial charge in [0.1, 0.15) is 0 Å². The summed E-state index contributed by atoms with van der Waals surface area (Å²) in [6.07, 6.45) is 4.48. The maximum atomic E-state index is 6.37. The molecule has 0 spiro atoms. The number of allylic oxidation sites excluding steroid dienone is 4. The number of hydrogen-bond acceptors (Lipinski definition) is 1. The topological polar surface area (TPSA) is 26.0 Å². The summed E-state index contributed by atoms with van der Waals surface area (Å²) in [5.41, 5.74) is 11.1. The van der Waals surface area contributed by atoms with E-state index in [-0.39, 0.29) is 0 Å². The minimum Gasteiger partial charge on any atom is -0.402 e. The standard InChI is InChI=1S/C23H21N/c1-16-22(20-12-11-18-9-5-6-10-19(18)13-20)14-21(15-23(16)24)17-7-3-2-4-8-17/h2-16,22H,24H2,1H3. The molecule has 0 radical (unpaired) electrons. The molecule has 118 valence electrons. The van der Waals surface area contributed by atoms with Crippen molar-refractivity contribution >= 4 is 16.3 Å². The Bertz CT molecular complexity index is 934. The van der Waals surface area contributed by atoms with Crippen LogP contribution in [0.15, 0.2) is 90.6 Å². The fourth-order valence-electron chi connectivity index (χ4n) is 3.51. The molecule has 3 aromatic rings. The molecule has 2 atom stereocenters. The summed E-state index contributed by atoms with van der Waals surface area (Å²) in [5.74, 6) is 0.605. The third-order valence-corrected chi connectivity index (χ3v) is 5.01. The quantitative estimate of drug-likeness (QED) is 0.664. The molecule has 24 heavy (non-hydrogen) atoms. The first kappa shape index (κ1) is 14.8. The molecule has 1 nitrogen and oxygen atoms in total. The van der Waals surface area contributed by atoms with Crippen molar-refractivity contribution in [1.82, 2.24) is 0 Å². The summed E-state index contributed by atoms with van der Waals surface area (Å²) in [7, 11) is 0. The summed E-state index contributed by atoms with van der Waals surface area (Å²) in [6.45, 7) is 2.21. The first-order chi connectivity index (χ1) is 11.7. The summed E-state index contributed by atoms with van der Waals surface area (Å²) >= 11 is 0. The van der Waals surface area contributed by atoms with Gasteiger partial charge in [-0.2, -0.15) is 0 Å². The first-order valence-corrected chi connectivity index (χ1v) is 8.45. The van der Waals surface area contributed by atoms with E-state index in [4.69, 9.17) is 5.73 Å². The van der Waals surface area contributed by atoms with Crippen LogP contribution in [0.2, 0.25) is 0 Å². The predicted octanol–water partition coefficient (Wildman–Crippen LogP) is 5.50. The molecule has 3 aromatic carbocycles. The van der Waals surface area contributed by atoms with Gasteiger partial charge in [0, 0.05) is 17.5 Å². The molecule has 1 aliphatic rings. The minimum atomic E-state index is 0.301. The molecule has 2 unspecified atom stereocenters. The van der Waals surface area contributed by atoms with Crippen molar-refractivity contribution in [3.05, 3.63) is 102 Å². The monoisotopic (exact) mass is 311 g/mol. The predicted molar refractivity (Wildman–Crippen MR) is 103 cm³/mol. The van der Waals surface area contributed by atoms with E-state index in [9.17, 15) is 0 Å². The SMILES string of the molecule is CC1C(N)=CC(c2ccccc2)=CC1c1ccc2ccccc2c1. The Balaban J connectivity index is 1.80. The molecule has 0 saturated heterocycles. The van der Waals surface area contributed by atoms with E-state index < -0.39 is 0 Å². The van der Waals surface area contributed by atoms with Gasteiger partial charge >= 0.3 is 0 Å². The lowest BCUT2D eigenvalue weighted by Crippen LogP contribution is -2.19. The first-order valence-electron chi connectivity index (χ1n) is 8.45. The number of benzene rings is 3. The van der Waals surface area contributed by atoms with E-state index in [1.165, 1.54) is 27.5 Å². The molecular formula is C23H21N. The molecule has 0 bridgehead atoms. The van der Waals surface area contributed by atoms with Gasteiger partial charge in [-0.3, -0.25) is 0 Å². The van der Waals surface area contributed by atoms with Crippen molar-refractivity contribution in [1.29, 1.82) is 0 Å². The fraction of sp³-hybridized carbons (Fsp3) is 0.130. The minimum absolute atomic E-state index is 0.301. The van der Waals surface area contributed by atoms with Gasteiger partial charge in [0.2, 0.25) is 0 Å². The highest BCUT2D eigenvalue weighted by Gasteiger charge is 2.24. The second-order valence-corrected chi connectivity index (χ2v) is 6.55. The van der Waals surface area contributed by atoms with Crippen LogP contribution in [-0.4, -0.2) is 0 Å². The average molecular weight is 311 g/mol. The Kier molecular flexibility index (Phi) is 3.70. The molecule has 0 amide bonds. The fourth-order valence-corrected chi connectivity index (χ4v) is 3.51. The van der Waals surface area contributed by atoms with Crippen LogP contribution in [0.25, 0.3) is 16.3 Å². The second kappa shape index (κ2) is 6.01. The van der Waals surface area contributed by atoms with Crippen LogP contribution in [0.4, 0.5) is 0 Å². The van der Waals surface area contributed by atoms with Gasteiger partial charge in [-0.25, -0.2) is 0 Å². The van der Waals surface area contributed by atoms with Crippen molar-refractivity contribution in [2.75, 3.05) is 0 Å². The van der Waals surface area contributed by atoms with Gasteiger partial charge in [-0.15, -0.1) is 0 Å². The molecule has 0 fully saturated rings. The van der Waals surface area contributed by atoms with E-state index in [2.05, 4.69) is 85.8 Å². The maximum absolute atomic E-state index is 6.37. The van der Waals surface area contributed by atoms with Crippen LogP contribution in [0.5, 0.6) is 0 Å². The van der Waals surface area contributed by atoms with Gasteiger partial charge in [-0.1, -0.05) is 85.8 Å². The van der Waals surface area contributed by atoms with Gasteiger partial charge in [-0.05, 0) is 33.5 Å². The van der Waals surface area contributed by atoms with E-state index >= 15 is 0 Å². The number of nitrogens with two attached hydrogens (primary N) is 1. The Morgan fingerprint density at radius 1 is 0.792 bits per heavy atom.